The summed E-state index contributed by atoms with van der Waals surface area (Å²) < 4.78 is 0. The third kappa shape index (κ3) is 3.70. The van der Waals surface area contributed by atoms with Gasteiger partial charge in [-0.05, 0) is 45.1 Å². The lowest BCUT2D eigenvalue weighted by Gasteiger charge is -2.24. The smallest absolute Gasteiger partial charge is 0.246 e. The number of amides is 1. The van der Waals surface area contributed by atoms with Crippen LogP contribution in [-0.4, -0.2) is 24.9 Å². The van der Waals surface area contributed by atoms with E-state index >= 15 is 0 Å². The molecule has 0 saturated heterocycles. The first kappa shape index (κ1) is 15.3. The van der Waals surface area contributed by atoms with Gasteiger partial charge in [0.1, 0.15) is 6.04 Å². The lowest BCUT2D eigenvalue weighted by Crippen LogP contribution is -2.32. The van der Waals surface area contributed by atoms with Crippen LogP contribution in [0.25, 0.3) is 0 Å². The van der Waals surface area contributed by atoms with Gasteiger partial charge in [0, 0.05) is 5.69 Å². The van der Waals surface area contributed by atoms with Crippen LogP contribution in [0.1, 0.15) is 22.7 Å². The van der Waals surface area contributed by atoms with E-state index in [-0.39, 0.29) is 11.9 Å². The number of rotatable bonds is 4. The van der Waals surface area contributed by atoms with Crippen molar-refractivity contribution < 1.29 is 4.79 Å². The molecule has 2 rings (SSSR count). The van der Waals surface area contributed by atoms with Gasteiger partial charge in [0.05, 0.1) is 0 Å². The Labute approximate surface area is 126 Å². The molecule has 1 amide bonds. The Morgan fingerprint density at radius 2 is 1.71 bits per heavy atom. The van der Waals surface area contributed by atoms with E-state index in [4.69, 9.17) is 0 Å². The fourth-order valence-corrected chi connectivity index (χ4v) is 2.47. The van der Waals surface area contributed by atoms with Crippen molar-refractivity contribution >= 4 is 11.6 Å². The van der Waals surface area contributed by atoms with Gasteiger partial charge >= 0.3 is 0 Å². The maximum absolute atomic E-state index is 12.6. The van der Waals surface area contributed by atoms with Gasteiger partial charge in [0.2, 0.25) is 5.91 Å². The minimum Gasteiger partial charge on any atom is -0.324 e. The topological polar surface area (TPSA) is 32.3 Å². The predicted octanol–water partition coefficient (Wildman–Crippen LogP) is 3.54. The van der Waals surface area contributed by atoms with Crippen molar-refractivity contribution in [3.05, 3.63) is 65.2 Å². The lowest BCUT2D eigenvalue weighted by atomic mass is 10.0. The molecule has 0 radical (unpaired) electrons. The molecule has 0 fully saturated rings. The van der Waals surface area contributed by atoms with Crippen LogP contribution in [0.2, 0.25) is 0 Å². The minimum absolute atomic E-state index is 0.0156. The number of benzene rings is 2. The number of likely N-dealkylation sites (N-methyl/N-ethyl adjacent to an activating group) is 1. The monoisotopic (exact) mass is 282 g/mol. The average molecular weight is 282 g/mol. The molecule has 0 aromatic heterocycles. The minimum atomic E-state index is -0.299. The molecule has 0 heterocycles. The van der Waals surface area contributed by atoms with E-state index in [9.17, 15) is 4.79 Å². The van der Waals surface area contributed by atoms with Crippen LogP contribution in [0.5, 0.6) is 0 Å². The van der Waals surface area contributed by atoms with Crippen LogP contribution >= 0.6 is 0 Å². The van der Waals surface area contributed by atoms with Crippen molar-refractivity contribution in [2.24, 2.45) is 0 Å². The zero-order valence-corrected chi connectivity index (χ0v) is 13.1. The molecule has 1 unspecified atom stereocenters. The van der Waals surface area contributed by atoms with Crippen LogP contribution in [0.15, 0.2) is 48.5 Å². The molecule has 110 valence electrons. The van der Waals surface area contributed by atoms with Crippen LogP contribution in [0.3, 0.4) is 0 Å². The number of carbonyl (C=O) groups is 1. The van der Waals surface area contributed by atoms with E-state index in [1.807, 2.05) is 75.3 Å². The van der Waals surface area contributed by atoms with Crippen LogP contribution in [0.4, 0.5) is 5.69 Å². The van der Waals surface area contributed by atoms with Gasteiger partial charge in [0.25, 0.3) is 0 Å². The van der Waals surface area contributed by atoms with Crippen molar-refractivity contribution in [3.63, 3.8) is 0 Å². The molecule has 3 heteroatoms. The summed E-state index contributed by atoms with van der Waals surface area (Å²) >= 11 is 0. The van der Waals surface area contributed by atoms with Crippen LogP contribution in [-0.2, 0) is 4.79 Å². The predicted molar refractivity (Wildman–Crippen MR) is 87.4 cm³/mol. The Morgan fingerprint density at radius 1 is 1.05 bits per heavy atom. The van der Waals surface area contributed by atoms with Crippen molar-refractivity contribution in [2.45, 2.75) is 19.9 Å². The number of nitrogens with zero attached hydrogens (tertiary/aromatic N) is 1. The Bertz CT molecular complexity index is 620. The molecule has 0 aliphatic rings. The molecule has 0 aliphatic heterocycles. The zero-order valence-electron chi connectivity index (χ0n) is 13.1. The molecule has 1 N–H and O–H groups in total. The van der Waals surface area contributed by atoms with Gasteiger partial charge in [-0.3, -0.25) is 9.69 Å². The number of carbonyl (C=O) groups excluding carboxylic acids is 1. The third-order valence-electron chi connectivity index (χ3n) is 3.52. The number of anilines is 1. The highest BCUT2D eigenvalue weighted by atomic mass is 16.2. The molecule has 3 nitrogen and oxygen atoms in total. The second-order valence-corrected chi connectivity index (χ2v) is 5.58. The summed E-state index contributed by atoms with van der Waals surface area (Å²) in [6.07, 6.45) is 0. The van der Waals surface area contributed by atoms with Crippen molar-refractivity contribution in [2.75, 3.05) is 19.4 Å². The van der Waals surface area contributed by atoms with Gasteiger partial charge in [-0.15, -0.1) is 0 Å². The molecule has 2 aromatic rings. The normalized spacial score (nSPS) is 12.2. The largest absolute Gasteiger partial charge is 0.324 e. The first-order valence-corrected chi connectivity index (χ1v) is 7.08. The Morgan fingerprint density at radius 3 is 2.29 bits per heavy atom. The molecule has 2 aromatic carbocycles. The summed E-state index contributed by atoms with van der Waals surface area (Å²) in [5, 5.41) is 3.04. The quantitative estimate of drug-likeness (QED) is 0.930. The Hall–Kier alpha value is -2.13. The van der Waals surface area contributed by atoms with E-state index in [0.29, 0.717) is 0 Å². The fourth-order valence-electron chi connectivity index (χ4n) is 2.47. The maximum atomic E-state index is 12.6. The fraction of sp³-hybridized carbons (Fsp3) is 0.278. The van der Waals surface area contributed by atoms with Gasteiger partial charge in [-0.25, -0.2) is 0 Å². The second-order valence-electron chi connectivity index (χ2n) is 5.58. The number of hydrogen-bond acceptors (Lipinski definition) is 2. The van der Waals surface area contributed by atoms with E-state index in [1.165, 1.54) is 5.56 Å². The number of hydrogen-bond donors (Lipinski definition) is 1. The van der Waals surface area contributed by atoms with Crippen molar-refractivity contribution in [1.82, 2.24) is 4.90 Å². The molecule has 0 aliphatic carbocycles. The number of aryl methyl sites for hydroxylation is 2. The van der Waals surface area contributed by atoms with Gasteiger partial charge in [-0.1, -0.05) is 48.0 Å². The van der Waals surface area contributed by atoms with Crippen molar-refractivity contribution in [1.29, 1.82) is 0 Å². The average Bonchev–Trinajstić information content (AvgIpc) is 2.43. The molecule has 0 spiro atoms. The van der Waals surface area contributed by atoms with E-state index in [2.05, 4.69) is 11.4 Å². The maximum Gasteiger partial charge on any atom is 0.246 e. The third-order valence-corrected chi connectivity index (χ3v) is 3.52. The SMILES string of the molecule is Cc1ccc(NC(=O)C(c2ccccc2)N(C)C)c(C)c1. The van der Waals surface area contributed by atoms with Crippen LogP contribution in [0, 0.1) is 13.8 Å². The van der Waals surface area contributed by atoms with Gasteiger partial charge in [-0.2, -0.15) is 0 Å². The number of nitrogens with one attached hydrogen (secondary N) is 1. The highest BCUT2D eigenvalue weighted by molar-refractivity contribution is 5.96. The van der Waals surface area contributed by atoms with Gasteiger partial charge < -0.3 is 5.32 Å². The summed E-state index contributed by atoms with van der Waals surface area (Å²) in [5.74, 6) is -0.0156. The van der Waals surface area contributed by atoms with E-state index in [0.717, 1.165) is 16.8 Å². The van der Waals surface area contributed by atoms with Gasteiger partial charge in [0.15, 0.2) is 0 Å². The molecule has 0 bridgehead atoms. The second kappa shape index (κ2) is 6.55. The van der Waals surface area contributed by atoms with Crippen molar-refractivity contribution in [3.8, 4) is 0 Å². The Kier molecular flexibility index (Phi) is 4.76. The highest BCUT2D eigenvalue weighted by Crippen LogP contribution is 2.22. The molecule has 0 saturated carbocycles. The first-order chi connectivity index (χ1) is 9.99. The first-order valence-electron chi connectivity index (χ1n) is 7.08. The highest BCUT2D eigenvalue weighted by Gasteiger charge is 2.23. The van der Waals surface area contributed by atoms with Crippen LogP contribution < -0.4 is 5.32 Å². The summed E-state index contributed by atoms with van der Waals surface area (Å²) in [4.78, 5) is 14.6. The Balaban J connectivity index is 2.24. The van der Waals surface area contributed by atoms with E-state index < -0.39 is 0 Å². The molecule has 21 heavy (non-hydrogen) atoms. The summed E-state index contributed by atoms with van der Waals surface area (Å²) in [6.45, 7) is 4.06. The van der Waals surface area contributed by atoms with E-state index in [1.54, 1.807) is 0 Å². The molecular weight excluding hydrogens is 260 g/mol. The zero-order chi connectivity index (χ0) is 15.4. The summed E-state index contributed by atoms with van der Waals surface area (Å²) in [6, 6.07) is 15.6. The summed E-state index contributed by atoms with van der Waals surface area (Å²) in [5.41, 5.74) is 4.13. The lowest BCUT2D eigenvalue weighted by molar-refractivity contribution is -0.120. The standard InChI is InChI=1S/C18H22N2O/c1-13-10-11-16(14(2)12-13)19-18(21)17(20(3)4)15-8-6-5-7-9-15/h5-12,17H,1-4H3,(H,19,21). The molecule has 1 atom stereocenters. The summed E-state index contributed by atoms with van der Waals surface area (Å²) in [7, 11) is 3.83. The molecular formula is C18H22N2O.